The first-order valence-corrected chi connectivity index (χ1v) is 7.08. The number of hydrogen-bond donors (Lipinski definition) is 2. The monoisotopic (exact) mass is 338 g/mol. The van der Waals surface area contributed by atoms with Crippen LogP contribution in [-0.2, 0) is 16.1 Å². The summed E-state index contributed by atoms with van der Waals surface area (Å²) in [7, 11) is 0. The molecule has 7 heteroatoms. The van der Waals surface area contributed by atoms with Gasteiger partial charge in [0.05, 0.1) is 5.69 Å². The van der Waals surface area contributed by atoms with Crippen LogP contribution in [0, 0.1) is 11.6 Å². The molecule has 0 radical (unpaired) electrons. The molecule has 2 amide bonds. The largest absolute Gasteiger partial charge is 0.352 e. The van der Waals surface area contributed by atoms with E-state index in [0.717, 1.165) is 12.1 Å². The molecule has 0 bridgehead atoms. The van der Waals surface area contributed by atoms with Crippen molar-refractivity contribution >= 4 is 29.1 Å². The molecule has 0 fully saturated rings. The summed E-state index contributed by atoms with van der Waals surface area (Å²) < 4.78 is 26.2. The number of halogens is 3. The summed E-state index contributed by atoms with van der Waals surface area (Å²) in [5.74, 6) is -2.90. The van der Waals surface area contributed by atoms with E-state index in [1.807, 2.05) is 0 Å². The number of nitrogens with one attached hydrogen (secondary N) is 2. The van der Waals surface area contributed by atoms with Gasteiger partial charge in [-0.1, -0.05) is 29.8 Å². The van der Waals surface area contributed by atoms with Gasteiger partial charge in [0.1, 0.15) is 18.1 Å². The van der Waals surface area contributed by atoms with Crippen LogP contribution in [0.5, 0.6) is 0 Å². The lowest BCUT2D eigenvalue weighted by Crippen LogP contribution is -2.28. The van der Waals surface area contributed by atoms with Crippen LogP contribution in [-0.4, -0.2) is 11.8 Å². The summed E-state index contributed by atoms with van der Waals surface area (Å²) in [4.78, 5) is 23.4. The maximum atomic E-state index is 13.4. The molecule has 2 aromatic rings. The molecule has 0 aliphatic heterocycles. The fourth-order valence-electron chi connectivity index (χ4n) is 1.83. The highest BCUT2D eigenvalue weighted by Gasteiger charge is 2.12. The zero-order valence-corrected chi connectivity index (χ0v) is 12.7. The quantitative estimate of drug-likeness (QED) is 0.822. The van der Waals surface area contributed by atoms with Gasteiger partial charge in [-0.15, -0.1) is 0 Å². The van der Waals surface area contributed by atoms with Crippen LogP contribution in [0.4, 0.5) is 14.5 Å². The average molecular weight is 339 g/mol. The molecule has 0 aromatic heterocycles. The van der Waals surface area contributed by atoms with E-state index in [1.54, 1.807) is 24.3 Å². The maximum absolute atomic E-state index is 13.4. The van der Waals surface area contributed by atoms with Gasteiger partial charge in [-0.25, -0.2) is 8.78 Å². The molecule has 2 aromatic carbocycles. The summed E-state index contributed by atoms with van der Waals surface area (Å²) >= 11 is 5.95. The van der Waals surface area contributed by atoms with E-state index in [-0.39, 0.29) is 12.2 Å². The van der Waals surface area contributed by atoms with Gasteiger partial charge in [0.2, 0.25) is 11.8 Å². The van der Waals surface area contributed by atoms with E-state index in [1.165, 1.54) is 0 Å². The van der Waals surface area contributed by atoms with Crippen LogP contribution in [0.15, 0.2) is 42.5 Å². The third-order valence-corrected chi connectivity index (χ3v) is 3.33. The van der Waals surface area contributed by atoms with Gasteiger partial charge in [0.15, 0.2) is 0 Å². The molecule has 0 atom stereocenters. The van der Waals surface area contributed by atoms with Crippen molar-refractivity contribution in [3.8, 4) is 0 Å². The first-order valence-electron chi connectivity index (χ1n) is 6.70. The minimum Gasteiger partial charge on any atom is -0.352 e. The number of amides is 2. The second-order valence-electron chi connectivity index (χ2n) is 4.72. The Labute approximate surface area is 136 Å². The Morgan fingerprint density at radius 2 is 1.78 bits per heavy atom. The van der Waals surface area contributed by atoms with Crippen molar-refractivity contribution in [2.75, 3.05) is 5.32 Å². The molecule has 0 saturated heterocycles. The molecule has 2 N–H and O–H groups in total. The van der Waals surface area contributed by atoms with Crippen LogP contribution in [0.25, 0.3) is 0 Å². The molecule has 0 spiro atoms. The maximum Gasteiger partial charge on any atom is 0.233 e. The SMILES string of the molecule is O=C(CC(=O)Nc1ccc(F)cc1F)NCc1ccccc1Cl. The van der Waals surface area contributed by atoms with Crippen molar-refractivity contribution in [3.63, 3.8) is 0 Å². The van der Waals surface area contributed by atoms with Crippen LogP contribution in [0.2, 0.25) is 5.02 Å². The molecule has 2 rings (SSSR count). The van der Waals surface area contributed by atoms with Gasteiger partial charge in [0.25, 0.3) is 0 Å². The van der Waals surface area contributed by atoms with E-state index < -0.39 is 29.9 Å². The Balaban J connectivity index is 1.85. The molecule has 0 unspecified atom stereocenters. The van der Waals surface area contributed by atoms with Gasteiger partial charge < -0.3 is 10.6 Å². The zero-order valence-electron chi connectivity index (χ0n) is 11.9. The highest BCUT2D eigenvalue weighted by molar-refractivity contribution is 6.31. The molecular formula is C16H13ClF2N2O2. The number of carbonyl (C=O) groups is 2. The third-order valence-electron chi connectivity index (χ3n) is 2.96. The number of rotatable bonds is 5. The number of hydrogen-bond acceptors (Lipinski definition) is 2. The van der Waals surface area contributed by atoms with E-state index in [0.29, 0.717) is 16.7 Å². The standard InChI is InChI=1S/C16H13ClF2N2O2/c17-12-4-2-1-3-10(12)9-20-15(22)8-16(23)21-14-6-5-11(18)7-13(14)19/h1-7H,8-9H2,(H,20,22)(H,21,23). The lowest BCUT2D eigenvalue weighted by molar-refractivity contribution is -0.126. The molecule has 0 aliphatic rings. The predicted octanol–water partition coefficient (Wildman–Crippen LogP) is 3.26. The smallest absolute Gasteiger partial charge is 0.233 e. The Hall–Kier alpha value is -2.47. The summed E-state index contributed by atoms with van der Waals surface area (Å²) in [6.45, 7) is 0.177. The van der Waals surface area contributed by atoms with Crippen molar-refractivity contribution in [2.24, 2.45) is 0 Å². The first kappa shape index (κ1) is 16.9. The Bertz CT molecular complexity index is 738. The molecule has 23 heavy (non-hydrogen) atoms. The number of benzene rings is 2. The van der Waals surface area contributed by atoms with E-state index in [2.05, 4.69) is 10.6 Å². The van der Waals surface area contributed by atoms with Crippen molar-refractivity contribution in [2.45, 2.75) is 13.0 Å². The van der Waals surface area contributed by atoms with E-state index in [4.69, 9.17) is 11.6 Å². The highest BCUT2D eigenvalue weighted by atomic mass is 35.5. The lowest BCUT2D eigenvalue weighted by Gasteiger charge is -2.08. The molecule has 0 aliphatic carbocycles. The average Bonchev–Trinajstić information content (AvgIpc) is 2.49. The zero-order chi connectivity index (χ0) is 16.8. The topological polar surface area (TPSA) is 58.2 Å². The number of carbonyl (C=O) groups excluding carboxylic acids is 2. The molecule has 0 heterocycles. The van der Waals surface area contributed by atoms with Crippen molar-refractivity contribution in [1.82, 2.24) is 5.32 Å². The molecule has 4 nitrogen and oxygen atoms in total. The number of anilines is 1. The van der Waals surface area contributed by atoms with E-state index >= 15 is 0 Å². The Kier molecular flexibility index (Phi) is 5.65. The Morgan fingerprint density at radius 1 is 1.04 bits per heavy atom. The van der Waals surface area contributed by atoms with Gasteiger partial charge in [-0.3, -0.25) is 9.59 Å². The van der Waals surface area contributed by atoms with Crippen LogP contribution in [0.3, 0.4) is 0 Å². The summed E-state index contributed by atoms with van der Waals surface area (Å²) in [5.41, 5.74) is 0.530. The summed E-state index contributed by atoms with van der Waals surface area (Å²) in [6, 6.07) is 9.72. The van der Waals surface area contributed by atoms with Crippen LogP contribution in [0.1, 0.15) is 12.0 Å². The van der Waals surface area contributed by atoms with Gasteiger partial charge in [0, 0.05) is 17.6 Å². The fourth-order valence-corrected chi connectivity index (χ4v) is 2.03. The second kappa shape index (κ2) is 7.69. The minimum atomic E-state index is -0.908. The second-order valence-corrected chi connectivity index (χ2v) is 5.12. The van der Waals surface area contributed by atoms with Crippen LogP contribution >= 0.6 is 11.6 Å². The summed E-state index contributed by atoms with van der Waals surface area (Å²) in [6.07, 6.45) is -0.485. The summed E-state index contributed by atoms with van der Waals surface area (Å²) in [5, 5.41) is 5.26. The van der Waals surface area contributed by atoms with Crippen molar-refractivity contribution < 1.29 is 18.4 Å². The van der Waals surface area contributed by atoms with Crippen LogP contribution < -0.4 is 10.6 Å². The van der Waals surface area contributed by atoms with Gasteiger partial charge in [-0.2, -0.15) is 0 Å². The highest BCUT2D eigenvalue weighted by Crippen LogP contribution is 2.16. The third kappa shape index (κ3) is 5.03. The first-order chi connectivity index (χ1) is 11.0. The molecular weight excluding hydrogens is 326 g/mol. The van der Waals surface area contributed by atoms with E-state index in [9.17, 15) is 18.4 Å². The molecule has 120 valence electrons. The molecule has 0 saturated carbocycles. The normalized spacial score (nSPS) is 10.2. The lowest BCUT2D eigenvalue weighted by atomic mass is 10.2. The fraction of sp³-hybridized carbons (Fsp3) is 0.125. The van der Waals surface area contributed by atoms with Crippen molar-refractivity contribution in [1.29, 1.82) is 0 Å². The minimum absolute atomic E-state index is 0.177. The Morgan fingerprint density at radius 3 is 2.48 bits per heavy atom. The van der Waals surface area contributed by atoms with Gasteiger partial charge in [-0.05, 0) is 23.8 Å². The predicted molar refractivity (Wildman–Crippen MR) is 82.9 cm³/mol. The van der Waals surface area contributed by atoms with Crippen molar-refractivity contribution in [3.05, 3.63) is 64.7 Å². The van der Waals surface area contributed by atoms with Gasteiger partial charge >= 0.3 is 0 Å².